The molecule has 1 aliphatic rings. The highest BCUT2D eigenvalue weighted by molar-refractivity contribution is 7.92. The van der Waals surface area contributed by atoms with E-state index in [0.717, 1.165) is 0 Å². The lowest BCUT2D eigenvalue weighted by molar-refractivity contribution is -0.139. The molecule has 1 atom stereocenters. The summed E-state index contributed by atoms with van der Waals surface area (Å²) >= 11 is 0. The molecule has 4 bridgehead atoms. The molecule has 3 N–H and O–H groups in total. The molecule has 53 heavy (non-hydrogen) atoms. The van der Waals surface area contributed by atoms with Gasteiger partial charge in [-0.2, -0.15) is 18.2 Å². The standard InChI is InChI=1S/C37H44F3N7O5S/c1-22(2)15-24-10-7-9-23(3)30(24)32-31(37(38,39)40)33-45-35(44-32)46-53(50,51)28-12-8-11-25(16-28)34(49)47(27(21-52-33)17-36(4,5)6)20-29-42-18-26(19-43-29)41-13-14-48/h7-12,16,18-19,22,27,41,48H,13-15,17,20-21H2,1-6H3,(H,44,45,46)/t27-/m1/s1. The number of alkyl halides is 3. The summed E-state index contributed by atoms with van der Waals surface area (Å²) in [4.78, 5) is 32.5. The lowest BCUT2D eigenvalue weighted by atomic mass is 9.87. The summed E-state index contributed by atoms with van der Waals surface area (Å²) < 4.78 is 81.8. The van der Waals surface area contributed by atoms with Crippen molar-refractivity contribution in [1.29, 1.82) is 0 Å². The number of nitrogens with one attached hydrogen (secondary N) is 2. The van der Waals surface area contributed by atoms with Crippen LogP contribution in [-0.2, 0) is 29.2 Å². The van der Waals surface area contributed by atoms with Gasteiger partial charge in [0, 0.05) is 17.7 Å². The number of hydrogen-bond donors (Lipinski definition) is 3. The first-order valence-electron chi connectivity index (χ1n) is 17.2. The fraction of sp³-hybridized carbons (Fsp3) is 0.432. The number of hydrogen-bond acceptors (Lipinski definition) is 10. The van der Waals surface area contributed by atoms with Gasteiger partial charge in [0.2, 0.25) is 11.8 Å². The van der Waals surface area contributed by atoms with Crippen LogP contribution in [0.4, 0.5) is 24.8 Å². The summed E-state index contributed by atoms with van der Waals surface area (Å²) in [6, 6.07) is 9.59. The van der Waals surface area contributed by atoms with Crippen LogP contribution in [0.2, 0.25) is 0 Å². The maximum atomic E-state index is 15.3. The number of aromatic nitrogens is 4. The molecular weight excluding hydrogens is 712 g/mol. The number of benzene rings is 2. The first-order chi connectivity index (χ1) is 24.9. The number of ether oxygens (including phenoxy) is 1. The number of aryl methyl sites for hydroxylation is 1. The Morgan fingerprint density at radius 1 is 1.08 bits per heavy atom. The van der Waals surface area contributed by atoms with Crippen molar-refractivity contribution in [2.24, 2.45) is 11.3 Å². The maximum Gasteiger partial charge on any atom is 0.423 e. The van der Waals surface area contributed by atoms with Crippen molar-refractivity contribution in [3.8, 4) is 17.1 Å². The van der Waals surface area contributed by atoms with Gasteiger partial charge >= 0.3 is 6.18 Å². The highest BCUT2D eigenvalue weighted by Crippen LogP contribution is 2.44. The molecule has 0 spiro atoms. The minimum absolute atomic E-state index is 0.00907. The smallest absolute Gasteiger partial charge is 0.423 e. The Morgan fingerprint density at radius 3 is 2.42 bits per heavy atom. The SMILES string of the molecule is Cc1cccc(CC(C)C)c1-c1nc2nc(c1C(F)(F)F)OC[C@@H](CC(C)(C)C)N(Cc1ncc(NCCO)cn1)C(=O)c1cccc(c1)S(=O)(=O)N2. The number of nitrogens with zero attached hydrogens (tertiary/aromatic N) is 5. The number of rotatable bonds is 9. The van der Waals surface area contributed by atoms with Gasteiger partial charge in [-0.25, -0.2) is 28.1 Å². The second kappa shape index (κ2) is 15.6. The zero-order chi connectivity index (χ0) is 38.7. The van der Waals surface area contributed by atoms with E-state index in [9.17, 15) is 13.2 Å². The number of amides is 1. The van der Waals surface area contributed by atoms with E-state index in [0.29, 0.717) is 23.2 Å². The number of carbonyl (C=O) groups is 1. The van der Waals surface area contributed by atoms with Crippen LogP contribution in [0, 0.1) is 18.3 Å². The topological polar surface area (TPSA) is 160 Å². The van der Waals surface area contributed by atoms with Crippen molar-refractivity contribution < 1.29 is 36.2 Å². The molecule has 0 aliphatic carbocycles. The van der Waals surface area contributed by atoms with Crippen molar-refractivity contribution in [3.05, 3.63) is 82.9 Å². The Hall–Kier alpha value is -4.83. The molecule has 16 heteroatoms. The van der Waals surface area contributed by atoms with Gasteiger partial charge < -0.3 is 20.1 Å². The average Bonchev–Trinajstić information content (AvgIpc) is 3.06. The summed E-state index contributed by atoms with van der Waals surface area (Å²) in [7, 11) is -4.53. The van der Waals surface area contributed by atoms with Gasteiger partial charge in [-0.05, 0) is 60.4 Å². The van der Waals surface area contributed by atoms with Gasteiger partial charge in [0.15, 0.2) is 0 Å². The van der Waals surface area contributed by atoms with E-state index < -0.39 is 63.3 Å². The zero-order valence-electron chi connectivity index (χ0n) is 30.5. The van der Waals surface area contributed by atoms with Crippen LogP contribution in [0.25, 0.3) is 11.3 Å². The molecule has 284 valence electrons. The summed E-state index contributed by atoms with van der Waals surface area (Å²) in [6.45, 7) is 10.8. The molecule has 0 unspecified atom stereocenters. The molecular formula is C37H44F3N7O5S. The van der Waals surface area contributed by atoms with Crippen LogP contribution < -0.4 is 14.8 Å². The predicted octanol–water partition coefficient (Wildman–Crippen LogP) is 6.50. The third kappa shape index (κ3) is 9.59. The molecule has 2 aromatic carbocycles. The largest absolute Gasteiger partial charge is 0.475 e. The molecule has 0 saturated carbocycles. The minimum Gasteiger partial charge on any atom is -0.475 e. The van der Waals surface area contributed by atoms with Crippen molar-refractivity contribution in [2.75, 3.05) is 29.8 Å². The molecule has 1 aliphatic heterocycles. The van der Waals surface area contributed by atoms with Crippen LogP contribution in [0.15, 0.2) is 59.8 Å². The Labute approximate surface area is 307 Å². The first kappa shape index (κ1) is 39.4. The van der Waals surface area contributed by atoms with Gasteiger partial charge in [0.25, 0.3) is 15.9 Å². The molecule has 5 rings (SSSR count). The second-order valence-corrected chi connectivity index (χ2v) is 16.3. The van der Waals surface area contributed by atoms with Crippen LogP contribution in [-0.4, -0.2) is 70.1 Å². The fourth-order valence-corrected chi connectivity index (χ4v) is 7.22. The van der Waals surface area contributed by atoms with Gasteiger partial charge in [-0.3, -0.25) is 4.79 Å². The van der Waals surface area contributed by atoms with Gasteiger partial charge in [0.1, 0.15) is 18.0 Å². The number of aliphatic hydroxyl groups is 1. The normalized spacial score (nSPS) is 16.2. The lowest BCUT2D eigenvalue weighted by Crippen LogP contribution is -2.45. The summed E-state index contributed by atoms with van der Waals surface area (Å²) in [5.74, 6) is -1.83. The number of aliphatic hydroxyl groups excluding tert-OH is 1. The number of fused-ring (bicyclic) bond motifs is 4. The highest BCUT2D eigenvalue weighted by atomic mass is 32.2. The molecule has 12 nitrogen and oxygen atoms in total. The van der Waals surface area contributed by atoms with Crippen molar-refractivity contribution in [3.63, 3.8) is 0 Å². The minimum atomic E-state index is -5.03. The van der Waals surface area contributed by atoms with E-state index in [-0.39, 0.29) is 53.9 Å². The predicted molar refractivity (Wildman–Crippen MR) is 194 cm³/mol. The summed E-state index contributed by atoms with van der Waals surface area (Å²) in [6.07, 6.45) is -1.39. The molecule has 1 amide bonds. The quantitative estimate of drug-likeness (QED) is 0.172. The lowest BCUT2D eigenvalue weighted by Gasteiger charge is -2.35. The Bertz CT molecular complexity index is 2050. The molecule has 0 saturated heterocycles. The Morgan fingerprint density at radius 2 is 1.77 bits per heavy atom. The first-order valence-corrected chi connectivity index (χ1v) is 18.6. The maximum absolute atomic E-state index is 15.3. The van der Waals surface area contributed by atoms with Crippen molar-refractivity contribution in [2.45, 2.75) is 78.0 Å². The van der Waals surface area contributed by atoms with Gasteiger partial charge in [-0.1, -0.05) is 58.9 Å². The van der Waals surface area contributed by atoms with Crippen LogP contribution in [0.1, 0.15) is 73.9 Å². The molecule has 4 aromatic rings. The number of anilines is 2. The van der Waals surface area contributed by atoms with Crippen LogP contribution >= 0.6 is 0 Å². The third-order valence-corrected chi connectivity index (χ3v) is 9.75. The molecule has 0 fully saturated rings. The average molecular weight is 756 g/mol. The van der Waals surface area contributed by atoms with Crippen LogP contribution in [0.5, 0.6) is 5.88 Å². The number of carbonyl (C=O) groups excluding carboxylic acids is 1. The van der Waals surface area contributed by atoms with E-state index in [1.807, 2.05) is 34.6 Å². The number of sulfonamides is 1. The Kier molecular flexibility index (Phi) is 11.6. The number of halogens is 3. The molecule has 0 radical (unpaired) electrons. The fourth-order valence-electron chi connectivity index (χ4n) is 6.23. The highest BCUT2D eigenvalue weighted by Gasteiger charge is 2.42. The zero-order valence-corrected chi connectivity index (χ0v) is 31.3. The van der Waals surface area contributed by atoms with Gasteiger partial charge in [-0.15, -0.1) is 0 Å². The van der Waals surface area contributed by atoms with E-state index >= 15 is 13.2 Å². The van der Waals surface area contributed by atoms with E-state index in [1.54, 1.807) is 25.1 Å². The summed E-state index contributed by atoms with van der Waals surface area (Å²) in [5, 5.41) is 12.1. The van der Waals surface area contributed by atoms with E-state index in [2.05, 4.69) is 30.0 Å². The second-order valence-electron chi connectivity index (χ2n) is 14.6. The van der Waals surface area contributed by atoms with Crippen molar-refractivity contribution >= 4 is 27.6 Å². The van der Waals surface area contributed by atoms with Crippen molar-refractivity contribution in [1.82, 2.24) is 24.8 Å². The Balaban J connectivity index is 1.74. The molecule has 2 aromatic heterocycles. The summed E-state index contributed by atoms with van der Waals surface area (Å²) in [5.41, 5.74) is -0.433. The van der Waals surface area contributed by atoms with E-state index in [4.69, 9.17) is 9.84 Å². The third-order valence-electron chi connectivity index (χ3n) is 8.42. The monoisotopic (exact) mass is 755 g/mol. The van der Waals surface area contributed by atoms with Gasteiger partial charge in [0.05, 0.1) is 47.9 Å². The van der Waals surface area contributed by atoms with E-state index in [1.165, 1.54) is 41.6 Å². The van der Waals surface area contributed by atoms with Crippen LogP contribution in [0.3, 0.4) is 0 Å². The molecule has 3 heterocycles.